The van der Waals surface area contributed by atoms with Crippen molar-refractivity contribution in [3.8, 4) is 11.8 Å². The average Bonchev–Trinajstić information content (AvgIpc) is 3.70. The second-order valence-electron chi connectivity index (χ2n) is 8.56. The summed E-state index contributed by atoms with van der Waals surface area (Å²) in [7, 11) is 1.79. The molecule has 6 rings (SSSR count). The summed E-state index contributed by atoms with van der Waals surface area (Å²) >= 11 is 0. The number of fused-ring (bicyclic) bond motifs is 1. The Hall–Kier alpha value is -3.47. The minimum atomic E-state index is 0.0455. The van der Waals surface area contributed by atoms with Crippen LogP contribution in [-0.4, -0.2) is 37.9 Å². The molecule has 8 nitrogen and oxygen atoms in total. The highest BCUT2D eigenvalue weighted by atomic mass is 16.2. The Bertz CT molecular complexity index is 1240. The van der Waals surface area contributed by atoms with Crippen LogP contribution in [0.25, 0.3) is 10.9 Å². The van der Waals surface area contributed by atoms with Crippen LogP contribution in [0.2, 0.25) is 0 Å². The van der Waals surface area contributed by atoms with Crippen molar-refractivity contribution in [3.05, 3.63) is 35.8 Å². The summed E-state index contributed by atoms with van der Waals surface area (Å²) in [6.45, 7) is 0. The van der Waals surface area contributed by atoms with Gasteiger partial charge in [0, 0.05) is 30.7 Å². The Labute approximate surface area is 173 Å². The summed E-state index contributed by atoms with van der Waals surface area (Å²) in [5.41, 5.74) is 2.53. The highest BCUT2D eigenvalue weighted by Gasteiger charge is 2.65. The van der Waals surface area contributed by atoms with Gasteiger partial charge in [0.15, 0.2) is 11.6 Å². The zero-order chi connectivity index (χ0) is 20.3. The fourth-order valence-corrected chi connectivity index (χ4v) is 4.10. The smallest absolute Gasteiger partial charge is 0.229 e. The largest absolute Gasteiger partial charge is 0.371 e. The molecule has 1 amide bonds. The second-order valence-corrected chi connectivity index (χ2v) is 8.56. The van der Waals surface area contributed by atoms with E-state index in [0.29, 0.717) is 28.6 Å². The van der Waals surface area contributed by atoms with Crippen molar-refractivity contribution in [2.24, 2.45) is 11.3 Å². The molecule has 2 N–H and O–H groups in total. The van der Waals surface area contributed by atoms with Gasteiger partial charge >= 0.3 is 0 Å². The van der Waals surface area contributed by atoms with E-state index in [0.717, 1.165) is 22.9 Å². The van der Waals surface area contributed by atoms with E-state index in [1.807, 2.05) is 16.9 Å². The van der Waals surface area contributed by atoms with E-state index >= 15 is 0 Å². The summed E-state index contributed by atoms with van der Waals surface area (Å²) in [6.07, 6.45) is 11.2. The van der Waals surface area contributed by atoms with Crippen LogP contribution in [0, 0.1) is 23.2 Å². The lowest BCUT2D eigenvalue weighted by Crippen LogP contribution is -2.16. The SMILES string of the molecule is CNc1ncc(C#Cc2cnn(C3CC3)c2)c2cc(NC(=O)[C@H]3CC34CC4)nnc12. The molecule has 0 aromatic carbocycles. The molecule has 3 aromatic heterocycles. The van der Waals surface area contributed by atoms with Crippen LogP contribution in [0.1, 0.15) is 49.3 Å². The monoisotopic (exact) mass is 399 g/mol. The summed E-state index contributed by atoms with van der Waals surface area (Å²) in [5.74, 6) is 7.62. The van der Waals surface area contributed by atoms with E-state index in [2.05, 4.69) is 42.8 Å². The van der Waals surface area contributed by atoms with Crippen LogP contribution in [0.3, 0.4) is 0 Å². The van der Waals surface area contributed by atoms with Crippen molar-refractivity contribution < 1.29 is 4.79 Å². The molecule has 150 valence electrons. The van der Waals surface area contributed by atoms with E-state index in [9.17, 15) is 4.79 Å². The van der Waals surface area contributed by atoms with E-state index in [4.69, 9.17) is 0 Å². The first-order chi connectivity index (χ1) is 14.6. The maximum absolute atomic E-state index is 12.5. The van der Waals surface area contributed by atoms with E-state index in [-0.39, 0.29) is 11.8 Å². The third-order valence-corrected chi connectivity index (χ3v) is 6.38. The first kappa shape index (κ1) is 17.4. The number of rotatable bonds is 4. The Morgan fingerprint density at radius 1 is 1.23 bits per heavy atom. The summed E-state index contributed by atoms with van der Waals surface area (Å²) in [6, 6.07) is 2.36. The van der Waals surface area contributed by atoms with Crippen LogP contribution in [0.5, 0.6) is 0 Å². The van der Waals surface area contributed by atoms with Crippen molar-refractivity contribution in [3.63, 3.8) is 0 Å². The molecule has 3 aliphatic carbocycles. The number of amides is 1. The maximum atomic E-state index is 12.5. The van der Waals surface area contributed by atoms with Gasteiger partial charge in [-0.2, -0.15) is 5.10 Å². The van der Waals surface area contributed by atoms with Crippen LogP contribution in [0.4, 0.5) is 11.6 Å². The van der Waals surface area contributed by atoms with Gasteiger partial charge in [-0.05, 0) is 43.6 Å². The van der Waals surface area contributed by atoms with Crippen molar-refractivity contribution in [2.45, 2.75) is 38.1 Å². The van der Waals surface area contributed by atoms with Gasteiger partial charge in [0.1, 0.15) is 5.52 Å². The number of anilines is 2. The van der Waals surface area contributed by atoms with E-state index in [1.165, 1.54) is 25.7 Å². The fourth-order valence-electron chi connectivity index (χ4n) is 4.10. The fraction of sp³-hybridized carbons (Fsp3) is 0.409. The van der Waals surface area contributed by atoms with Gasteiger partial charge in [-0.1, -0.05) is 11.8 Å². The van der Waals surface area contributed by atoms with E-state index in [1.54, 1.807) is 19.4 Å². The molecule has 0 aliphatic heterocycles. The Balaban J connectivity index is 1.33. The molecule has 0 radical (unpaired) electrons. The molecule has 3 heterocycles. The molecule has 1 atom stereocenters. The maximum Gasteiger partial charge on any atom is 0.229 e. The number of aromatic nitrogens is 5. The number of carbonyl (C=O) groups excluding carboxylic acids is 1. The van der Waals surface area contributed by atoms with Gasteiger partial charge in [0.25, 0.3) is 0 Å². The lowest BCUT2D eigenvalue weighted by atomic mass is 10.1. The molecule has 3 saturated carbocycles. The van der Waals surface area contributed by atoms with Gasteiger partial charge in [-0.3, -0.25) is 9.48 Å². The third kappa shape index (κ3) is 2.98. The van der Waals surface area contributed by atoms with Crippen LogP contribution < -0.4 is 10.6 Å². The summed E-state index contributed by atoms with van der Waals surface area (Å²) in [5, 5.41) is 19.7. The predicted molar refractivity (Wildman–Crippen MR) is 112 cm³/mol. The summed E-state index contributed by atoms with van der Waals surface area (Å²) < 4.78 is 1.98. The zero-order valence-corrected chi connectivity index (χ0v) is 16.6. The third-order valence-electron chi connectivity index (χ3n) is 6.38. The highest BCUT2D eigenvalue weighted by Crippen LogP contribution is 2.70. The minimum Gasteiger partial charge on any atom is -0.371 e. The second kappa shape index (κ2) is 6.26. The average molecular weight is 399 g/mol. The Morgan fingerprint density at radius 3 is 2.83 bits per heavy atom. The van der Waals surface area contributed by atoms with Crippen molar-refractivity contribution in [1.82, 2.24) is 25.0 Å². The number of nitrogens with zero attached hydrogens (tertiary/aromatic N) is 5. The molecule has 3 aliphatic rings. The lowest BCUT2D eigenvalue weighted by Gasteiger charge is -2.08. The molecule has 1 spiro atoms. The molecule has 30 heavy (non-hydrogen) atoms. The molecular formula is C22H21N7O. The quantitative estimate of drug-likeness (QED) is 0.655. The highest BCUT2D eigenvalue weighted by molar-refractivity contribution is 5.98. The van der Waals surface area contributed by atoms with E-state index < -0.39 is 0 Å². The number of pyridine rings is 1. The molecule has 0 unspecified atom stereocenters. The van der Waals surface area contributed by atoms with Crippen molar-refractivity contribution in [1.29, 1.82) is 0 Å². The van der Waals surface area contributed by atoms with Crippen LogP contribution in [-0.2, 0) is 4.79 Å². The molecule has 8 heteroatoms. The molecular weight excluding hydrogens is 378 g/mol. The summed E-state index contributed by atoms with van der Waals surface area (Å²) in [4.78, 5) is 16.9. The molecule has 3 aromatic rings. The first-order valence-corrected chi connectivity index (χ1v) is 10.4. The van der Waals surface area contributed by atoms with Crippen molar-refractivity contribution >= 4 is 28.4 Å². The Kier molecular flexibility index (Phi) is 3.63. The number of hydrogen-bond donors (Lipinski definition) is 2. The number of carbonyl (C=O) groups is 1. The predicted octanol–water partition coefficient (Wildman–Crippen LogP) is 2.74. The molecule has 0 saturated heterocycles. The zero-order valence-electron chi connectivity index (χ0n) is 16.6. The number of hydrogen-bond acceptors (Lipinski definition) is 6. The minimum absolute atomic E-state index is 0.0455. The van der Waals surface area contributed by atoms with Gasteiger partial charge in [0.05, 0.1) is 23.4 Å². The Morgan fingerprint density at radius 2 is 2.10 bits per heavy atom. The standard InChI is InChI=1S/C22H21N7O/c1-23-20-19-16(8-18(27-28-19)26-21(30)17-9-22(17)6-7-22)14(11-24-20)3-2-13-10-25-29(12-13)15-4-5-15/h8,10-12,15,17H,4-7,9H2,1H3,(H,23,24)(H,26,27,30)/t17-/m1/s1. The van der Waals surface area contributed by atoms with Crippen molar-refractivity contribution in [2.75, 3.05) is 17.7 Å². The van der Waals surface area contributed by atoms with Crippen LogP contribution in [0.15, 0.2) is 24.7 Å². The van der Waals surface area contributed by atoms with Gasteiger partial charge in [-0.15, -0.1) is 10.2 Å². The number of nitrogens with one attached hydrogen (secondary N) is 2. The van der Waals surface area contributed by atoms with Gasteiger partial charge in [0.2, 0.25) is 5.91 Å². The molecule has 0 bridgehead atoms. The van der Waals surface area contributed by atoms with Gasteiger partial charge < -0.3 is 10.6 Å². The van der Waals surface area contributed by atoms with Crippen LogP contribution >= 0.6 is 0 Å². The normalized spacial score (nSPS) is 20.5. The topological polar surface area (TPSA) is 97.6 Å². The first-order valence-electron chi connectivity index (χ1n) is 10.4. The molecule has 3 fully saturated rings. The van der Waals surface area contributed by atoms with Gasteiger partial charge in [-0.25, -0.2) is 4.98 Å². The lowest BCUT2D eigenvalue weighted by molar-refractivity contribution is -0.117.